The van der Waals surface area contributed by atoms with Crippen molar-refractivity contribution < 1.29 is 9.84 Å². The van der Waals surface area contributed by atoms with Crippen LogP contribution in [0.1, 0.15) is 42.5 Å². The van der Waals surface area contributed by atoms with Crippen molar-refractivity contribution in [1.29, 1.82) is 0 Å². The molecule has 0 radical (unpaired) electrons. The Morgan fingerprint density at radius 1 is 1.43 bits per heavy atom. The molecule has 0 bridgehead atoms. The van der Waals surface area contributed by atoms with Gasteiger partial charge >= 0.3 is 0 Å². The summed E-state index contributed by atoms with van der Waals surface area (Å²) in [6.07, 6.45) is 0.319. The van der Waals surface area contributed by atoms with E-state index in [0.717, 1.165) is 39.2 Å². The first-order valence-corrected chi connectivity index (χ1v) is 7.85. The SMILES string of the molecule is CCc1nn(C)c(COc2cc(C)ccc2C(C)O)c1Br. The van der Waals surface area contributed by atoms with Gasteiger partial charge in [-0.3, -0.25) is 4.68 Å². The average Bonchev–Trinajstić information content (AvgIpc) is 2.71. The minimum atomic E-state index is -0.554. The maximum atomic E-state index is 9.84. The van der Waals surface area contributed by atoms with Gasteiger partial charge in [-0.15, -0.1) is 0 Å². The minimum absolute atomic E-state index is 0.410. The van der Waals surface area contributed by atoms with Gasteiger partial charge in [-0.25, -0.2) is 0 Å². The first-order chi connectivity index (χ1) is 9.93. The molecular formula is C16H21BrN2O2. The maximum absolute atomic E-state index is 9.84. The molecule has 0 aliphatic carbocycles. The lowest BCUT2D eigenvalue weighted by atomic mass is 10.1. The van der Waals surface area contributed by atoms with Gasteiger partial charge in [0.15, 0.2) is 0 Å². The van der Waals surface area contributed by atoms with Crippen molar-refractivity contribution in [2.24, 2.45) is 7.05 Å². The number of benzene rings is 1. The molecule has 1 aromatic carbocycles. The monoisotopic (exact) mass is 352 g/mol. The lowest BCUT2D eigenvalue weighted by molar-refractivity contribution is 0.189. The van der Waals surface area contributed by atoms with Crippen LogP contribution in [0.25, 0.3) is 0 Å². The van der Waals surface area contributed by atoms with Crippen molar-refractivity contribution in [3.05, 3.63) is 45.2 Å². The molecule has 1 heterocycles. The van der Waals surface area contributed by atoms with Gasteiger partial charge in [-0.1, -0.05) is 19.1 Å². The number of aryl methyl sites for hydroxylation is 3. The molecule has 1 N–H and O–H groups in total. The quantitative estimate of drug-likeness (QED) is 0.892. The number of aliphatic hydroxyl groups excluding tert-OH is 1. The molecule has 1 atom stereocenters. The molecular weight excluding hydrogens is 332 g/mol. The van der Waals surface area contributed by atoms with Crippen LogP contribution in [0, 0.1) is 6.92 Å². The van der Waals surface area contributed by atoms with Gasteiger partial charge in [0.1, 0.15) is 12.4 Å². The number of nitrogens with zero attached hydrogens (tertiary/aromatic N) is 2. The summed E-state index contributed by atoms with van der Waals surface area (Å²) >= 11 is 3.59. The number of hydrogen-bond donors (Lipinski definition) is 1. The van der Waals surface area contributed by atoms with Crippen molar-refractivity contribution >= 4 is 15.9 Å². The lowest BCUT2D eigenvalue weighted by Crippen LogP contribution is -2.06. The van der Waals surface area contributed by atoms with E-state index >= 15 is 0 Å². The number of hydrogen-bond acceptors (Lipinski definition) is 3. The summed E-state index contributed by atoms with van der Waals surface area (Å²) in [6, 6.07) is 5.84. The Morgan fingerprint density at radius 3 is 2.71 bits per heavy atom. The predicted octanol–water partition coefficient (Wildman–Crippen LogP) is 3.69. The Morgan fingerprint density at radius 2 is 2.14 bits per heavy atom. The van der Waals surface area contributed by atoms with E-state index < -0.39 is 6.10 Å². The van der Waals surface area contributed by atoms with E-state index in [4.69, 9.17) is 4.74 Å². The van der Waals surface area contributed by atoms with Crippen molar-refractivity contribution in [3.8, 4) is 5.75 Å². The van der Waals surface area contributed by atoms with Crippen LogP contribution in [0.3, 0.4) is 0 Å². The zero-order valence-corrected chi connectivity index (χ0v) is 14.4. The second kappa shape index (κ2) is 6.62. The van der Waals surface area contributed by atoms with Crippen LogP contribution in [0.4, 0.5) is 0 Å². The van der Waals surface area contributed by atoms with E-state index in [2.05, 4.69) is 28.0 Å². The lowest BCUT2D eigenvalue weighted by Gasteiger charge is -2.14. The molecule has 0 saturated carbocycles. The highest BCUT2D eigenvalue weighted by molar-refractivity contribution is 9.10. The minimum Gasteiger partial charge on any atom is -0.487 e. The van der Waals surface area contributed by atoms with Crippen molar-refractivity contribution in [2.45, 2.75) is 39.9 Å². The first-order valence-electron chi connectivity index (χ1n) is 7.05. The molecule has 114 valence electrons. The molecule has 2 aromatic rings. The maximum Gasteiger partial charge on any atom is 0.131 e. The summed E-state index contributed by atoms with van der Waals surface area (Å²) in [5, 5.41) is 14.3. The van der Waals surface area contributed by atoms with Crippen LogP contribution < -0.4 is 4.74 Å². The first kappa shape index (κ1) is 16.0. The van der Waals surface area contributed by atoms with Crippen LogP contribution in [0.2, 0.25) is 0 Å². The molecule has 1 aromatic heterocycles. The van der Waals surface area contributed by atoms with Crippen molar-refractivity contribution in [2.75, 3.05) is 0 Å². The van der Waals surface area contributed by atoms with Crippen LogP contribution in [-0.4, -0.2) is 14.9 Å². The molecule has 0 spiro atoms. The van der Waals surface area contributed by atoms with Crippen molar-refractivity contribution in [3.63, 3.8) is 0 Å². The highest BCUT2D eigenvalue weighted by atomic mass is 79.9. The molecule has 0 amide bonds. The smallest absolute Gasteiger partial charge is 0.131 e. The Hall–Kier alpha value is -1.33. The number of ether oxygens (including phenoxy) is 1. The molecule has 0 fully saturated rings. The molecule has 0 saturated heterocycles. The van der Waals surface area contributed by atoms with Gasteiger partial charge in [0.2, 0.25) is 0 Å². The fourth-order valence-corrected chi connectivity index (χ4v) is 2.97. The molecule has 1 unspecified atom stereocenters. The van der Waals surface area contributed by atoms with Gasteiger partial charge in [-0.05, 0) is 47.8 Å². The summed E-state index contributed by atoms with van der Waals surface area (Å²) in [5.74, 6) is 0.719. The second-order valence-corrected chi connectivity index (χ2v) is 5.98. The topological polar surface area (TPSA) is 47.3 Å². The molecule has 2 rings (SSSR count). The van der Waals surface area contributed by atoms with Crippen LogP contribution in [0.15, 0.2) is 22.7 Å². The summed E-state index contributed by atoms with van der Waals surface area (Å²) in [5.41, 5.74) is 3.92. The van der Waals surface area contributed by atoms with Crippen LogP contribution >= 0.6 is 15.9 Å². The van der Waals surface area contributed by atoms with Gasteiger partial charge < -0.3 is 9.84 Å². The molecule has 5 heteroatoms. The summed E-state index contributed by atoms with van der Waals surface area (Å²) in [6.45, 7) is 6.23. The van der Waals surface area contributed by atoms with Gasteiger partial charge in [0.05, 0.1) is 22.0 Å². The molecule has 21 heavy (non-hydrogen) atoms. The standard InChI is InChI=1S/C16H21BrN2O2/c1-5-13-16(17)14(19(4)18-13)9-21-15-8-10(2)6-7-12(15)11(3)20/h6-8,11,20H,5,9H2,1-4H3. The van der Waals surface area contributed by atoms with Gasteiger partial charge in [-0.2, -0.15) is 5.10 Å². The highest BCUT2D eigenvalue weighted by Crippen LogP contribution is 2.28. The highest BCUT2D eigenvalue weighted by Gasteiger charge is 2.15. The molecule has 0 aliphatic rings. The third-order valence-electron chi connectivity index (χ3n) is 3.49. The number of aliphatic hydroxyl groups is 1. The number of rotatable bonds is 5. The Balaban J connectivity index is 2.24. The summed E-state index contributed by atoms with van der Waals surface area (Å²) in [4.78, 5) is 0. The third kappa shape index (κ3) is 3.47. The zero-order chi connectivity index (χ0) is 15.6. The normalized spacial score (nSPS) is 12.5. The Kier molecular flexibility index (Phi) is 5.06. The van der Waals surface area contributed by atoms with E-state index in [9.17, 15) is 5.11 Å². The summed E-state index contributed by atoms with van der Waals surface area (Å²) < 4.78 is 8.77. The van der Waals surface area contributed by atoms with E-state index in [0.29, 0.717) is 6.61 Å². The van der Waals surface area contributed by atoms with Gasteiger partial charge in [0.25, 0.3) is 0 Å². The second-order valence-electron chi connectivity index (χ2n) is 5.19. The van der Waals surface area contributed by atoms with E-state index in [1.54, 1.807) is 6.92 Å². The number of aromatic nitrogens is 2. The van der Waals surface area contributed by atoms with Crippen molar-refractivity contribution in [1.82, 2.24) is 9.78 Å². The fourth-order valence-electron chi connectivity index (χ4n) is 2.23. The average molecular weight is 353 g/mol. The fraction of sp³-hybridized carbons (Fsp3) is 0.438. The Labute approximate surface area is 133 Å². The van der Waals surface area contributed by atoms with Gasteiger partial charge in [0, 0.05) is 12.6 Å². The molecule has 4 nitrogen and oxygen atoms in total. The van der Waals surface area contributed by atoms with Crippen LogP contribution in [-0.2, 0) is 20.1 Å². The van der Waals surface area contributed by atoms with E-state index in [1.165, 1.54) is 0 Å². The predicted molar refractivity (Wildman–Crippen MR) is 86.4 cm³/mol. The van der Waals surface area contributed by atoms with E-state index in [-0.39, 0.29) is 0 Å². The number of halogens is 1. The third-order valence-corrected chi connectivity index (χ3v) is 4.40. The molecule has 0 aliphatic heterocycles. The zero-order valence-electron chi connectivity index (χ0n) is 12.9. The largest absolute Gasteiger partial charge is 0.487 e. The summed E-state index contributed by atoms with van der Waals surface area (Å²) in [7, 11) is 1.91. The van der Waals surface area contributed by atoms with E-state index in [1.807, 2.05) is 36.9 Å². The Bertz CT molecular complexity index is 635. The van der Waals surface area contributed by atoms with Crippen LogP contribution in [0.5, 0.6) is 5.75 Å².